The molecule has 0 saturated heterocycles. The molecule has 1 N–H and O–H groups in total. The molecule has 5 atom stereocenters. The maximum absolute atomic E-state index is 12.0. The molecule has 0 heterocycles. The molecule has 21 heavy (non-hydrogen) atoms. The van der Waals surface area contributed by atoms with Crippen molar-refractivity contribution in [2.75, 3.05) is 12.3 Å². The molecule has 116 valence electrons. The molecule has 3 rings (SSSR count). The van der Waals surface area contributed by atoms with Crippen LogP contribution in [-0.4, -0.2) is 27.8 Å². The summed E-state index contributed by atoms with van der Waals surface area (Å²) in [7, 11) is -0.609. The fourth-order valence-corrected chi connectivity index (χ4v) is 5.05. The second-order valence-corrected chi connectivity index (χ2v) is 8.58. The summed E-state index contributed by atoms with van der Waals surface area (Å²) in [6.45, 7) is 3.18. The van der Waals surface area contributed by atoms with Crippen molar-refractivity contribution < 1.29 is 4.21 Å². The molecule has 2 nitrogen and oxygen atoms in total. The quantitative estimate of drug-likeness (QED) is 0.872. The first-order valence-corrected chi connectivity index (χ1v) is 9.81. The highest BCUT2D eigenvalue weighted by Gasteiger charge is 2.38. The van der Waals surface area contributed by atoms with E-state index in [4.69, 9.17) is 0 Å². The highest BCUT2D eigenvalue weighted by atomic mass is 32.2. The van der Waals surface area contributed by atoms with Crippen molar-refractivity contribution in [3.05, 3.63) is 35.9 Å². The molecule has 0 spiro atoms. The maximum atomic E-state index is 12.0. The fraction of sp³-hybridized carbons (Fsp3) is 0.667. The molecule has 0 aromatic heterocycles. The minimum atomic E-state index is -0.609. The number of benzene rings is 1. The Balaban J connectivity index is 1.43. The van der Waals surface area contributed by atoms with Crippen molar-refractivity contribution in [2.45, 2.75) is 56.2 Å². The predicted octanol–water partition coefficient (Wildman–Crippen LogP) is 3.46. The molecule has 0 radical (unpaired) electrons. The molecule has 0 amide bonds. The molecular formula is C18H27NOS. The standard InChI is InChI=1S/C18H27NOS/c1-2-21(20)17-10-6-9-16(12-17)19-13-15-11-18(15)14-7-4-3-5-8-14/h3-5,7-8,15-19H,2,6,9-13H2,1H3/t15-,16-,17+,18+,21+/m0/s1. The van der Waals surface area contributed by atoms with Gasteiger partial charge < -0.3 is 5.32 Å². The second-order valence-electron chi connectivity index (χ2n) is 6.58. The van der Waals surface area contributed by atoms with Crippen LogP contribution in [0, 0.1) is 5.92 Å². The van der Waals surface area contributed by atoms with Gasteiger partial charge in [0.05, 0.1) is 0 Å². The largest absolute Gasteiger partial charge is 0.314 e. The van der Waals surface area contributed by atoms with Crippen LogP contribution < -0.4 is 5.32 Å². The van der Waals surface area contributed by atoms with Gasteiger partial charge >= 0.3 is 0 Å². The van der Waals surface area contributed by atoms with Crippen LogP contribution in [0.4, 0.5) is 0 Å². The number of rotatable bonds is 6. The van der Waals surface area contributed by atoms with E-state index in [2.05, 4.69) is 35.6 Å². The molecule has 2 fully saturated rings. The first-order chi connectivity index (χ1) is 10.3. The fourth-order valence-electron chi connectivity index (χ4n) is 3.70. The van der Waals surface area contributed by atoms with Crippen molar-refractivity contribution in [2.24, 2.45) is 5.92 Å². The van der Waals surface area contributed by atoms with Gasteiger partial charge in [0.2, 0.25) is 0 Å². The van der Waals surface area contributed by atoms with E-state index in [9.17, 15) is 4.21 Å². The zero-order valence-corrected chi connectivity index (χ0v) is 13.8. The van der Waals surface area contributed by atoms with Crippen LogP contribution in [-0.2, 0) is 10.8 Å². The summed E-state index contributed by atoms with van der Waals surface area (Å²) in [4.78, 5) is 0. The maximum Gasteiger partial charge on any atom is 0.0362 e. The number of nitrogens with one attached hydrogen (secondary N) is 1. The lowest BCUT2D eigenvalue weighted by molar-refractivity contribution is 0.371. The summed E-state index contributed by atoms with van der Waals surface area (Å²) in [5.41, 5.74) is 1.50. The van der Waals surface area contributed by atoms with Gasteiger partial charge in [0.15, 0.2) is 0 Å². The molecule has 1 aromatic rings. The zero-order chi connectivity index (χ0) is 14.7. The summed E-state index contributed by atoms with van der Waals surface area (Å²) in [6, 6.07) is 11.5. The van der Waals surface area contributed by atoms with Crippen molar-refractivity contribution in [3.8, 4) is 0 Å². The van der Waals surface area contributed by atoms with E-state index in [0.717, 1.165) is 37.0 Å². The molecule has 0 aliphatic heterocycles. The van der Waals surface area contributed by atoms with Crippen molar-refractivity contribution >= 4 is 10.8 Å². The molecule has 0 bridgehead atoms. The van der Waals surface area contributed by atoms with Gasteiger partial charge in [-0.1, -0.05) is 43.7 Å². The Hall–Kier alpha value is -0.670. The lowest BCUT2D eigenvalue weighted by Gasteiger charge is -2.29. The first-order valence-electron chi connectivity index (χ1n) is 8.43. The Labute approximate surface area is 131 Å². The third kappa shape index (κ3) is 3.95. The highest BCUT2D eigenvalue weighted by Crippen LogP contribution is 2.46. The third-order valence-corrected chi connectivity index (χ3v) is 6.84. The summed E-state index contributed by atoms with van der Waals surface area (Å²) < 4.78 is 12.0. The monoisotopic (exact) mass is 305 g/mol. The normalized spacial score (nSPS) is 33.6. The van der Waals surface area contributed by atoms with Gasteiger partial charge in [-0.3, -0.25) is 4.21 Å². The SMILES string of the molecule is CC[S@@](=O)[C@@H]1CCC[C@H](NC[C@@H]2C[C@@H]2c2ccccc2)C1. The molecule has 2 saturated carbocycles. The van der Waals surface area contributed by atoms with E-state index in [1.54, 1.807) is 0 Å². The first kappa shape index (κ1) is 15.2. The van der Waals surface area contributed by atoms with E-state index < -0.39 is 10.8 Å². The van der Waals surface area contributed by atoms with Crippen LogP contribution in [0.3, 0.4) is 0 Å². The van der Waals surface area contributed by atoms with Crippen LogP contribution in [0.5, 0.6) is 0 Å². The van der Waals surface area contributed by atoms with E-state index >= 15 is 0 Å². The van der Waals surface area contributed by atoms with Gasteiger partial charge in [-0.25, -0.2) is 0 Å². The minimum Gasteiger partial charge on any atom is -0.314 e. The second kappa shape index (κ2) is 7.06. The molecule has 0 unspecified atom stereocenters. The molecular weight excluding hydrogens is 278 g/mol. The van der Waals surface area contributed by atoms with Gasteiger partial charge in [0.1, 0.15) is 0 Å². The molecule has 3 heteroatoms. The summed E-state index contributed by atoms with van der Waals surface area (Å²) in [5, 5.41) is 4.19. The van der Waals surface area contributed by atoms with Gasteiger partial charge in [0.25, 0.3) is 0 Å². The zero-order valence-electron chi connectivity index (χ0n) is 13.0. The Morgan fingerprint density at radius 1 is 1.19 bits per heavy atom. The summed E-state index contributed by atoms with van der Waals surface area (Å²) in [5.74, 6) is 2.39. The Bertz CT molecular complexity index is 475. The Morgan fingerprint density at radius 2 is 2.00 bits per heavy atom. The van der Waals surface area contributed by atoms with Crippen molar-refractivity contribution in [3.63, 3.8) is 0 Å². The van der Waals surface area contributed by atoms with Gasteiger partial charge in [0, 0.05) is 27.8 Å². The van der Waals surface area contributed by atoms with E-state index in [1.165, 1.54) is 24.8 Å². The number of hydrogen-bond acceptors (Lipinski definition) is 2. The van der Waals surface area contributed by atoms with E-state index in [1.807, 2.05) is 6.92 Å². The topological polar surface area (TPSA) is 29.1 Å². The van der Waals surface area contributed by atoms with Gasteiger partial charge in [-0.2, -0.15) is 0 Å². The number of hydrogen-bond donors (Lipinski definition) is 1. The predicted molar refractivity (Wildman–Crippen MR) is 90.0 cm³/mol. The molecule has 2 aliphatic rings. The van der Waals surface area contributed by atoms with Crippen molar-refractivity contribution in [1.29, 1.82) is 0 Å². The van der Waals surface area contributed by atoms with Crippen LogP contribution >= 0.6 is 0 Å². The lowest BCUT2D eigenvalue weighted by Crippen LogP contribution is -2.38. The van der Waals surface area contributed by atoms with Crippen LogP contribution in [0.25, 0.3) is 0 Å². The van der Waals surface area contributed by atoms with Crippen LogP contribution in [0.2, 0.25) is 0 Å². The highest BCUT2D eigenvalue weighted by molar-refractivity contribution is 7.85. The minimum absolute atomic E-state index is 0.436. The summed E-state index contributed by atoms with van der Waals surface area (Å²) in [6.07, 6.45) is 6.10. The lowest BCUT2D eigenvalue weighted by atomic mass is 9.95. The Morgan fingerprint density at radius 3 is 2.76 bits per heavy atom. The van der Waals surface area contributed by atoms with Crippen LogP contribution in [0.1, 0.15) is 50.5 Å². The Kier molecular flexibility index (Phi) is 5.12. The van der Waals surface area contributed by atoms with Crippen LogP contribution in [0.15, 0.2) is 30.3 Å². The molecule has 1 aromatic carbocycles. The average molecular weight is 305 g/mol. The smallest absolute Gasteiger partial charge is 0.0362 e. The van der Waals surface area contributed by atoms with Crippen molar-refractivity contribution in [1.82, 2.24) is 5.32 Å². The molecule has 2 aliphatic carbocycles. The van der Waals surface area contributed by atoms with E-state index in [0.29, 0.717) is 11.3 Å². The average Bonchev–Trinajstić information content (AvgIpc) is 3.33. The van der Waals surface area contributed by atoms with E-state index in [-0.39, 0.29) is 0 Å². The third-order valence-electron chi connectivity index (χ3n) is 5.10. The van der Waals surface area contributed by atoms with Gasteiger partial charge in [-0.05, 0) is 49.6 Å². The van der Waals surface area contributed by atoms with Gasteiger partial charge in [-0.15, -0.1) is 0 Å². The summed E-state index contributed by atoms with van der Waals surface area (Å²) >= 11 is 0.